The van der Waals surface area contributed by atoms with E-state index >= 15 is 0 Å². The highest BCUT2D eigenvalue weighted by atomic mass is 32.2. The zero-order valence-electron chi connectivity index (χ0n) is 24.8. The van der Waals surface area contributed by atoms with Crippen molar-refractivity contribution in [1.82, 2.24) is 9.44 Å². The van der Waals surface area contributed by atoms with E-state index in [-0.39, 0.29) is 4.90 Å². The van der Waals surface area contributed by atoms with Crippen LogP contribution in [0.3, 0.4) is 0 Å². The van der Waals surface area contributed by atoms with Crippen LogP contribution in [0.25, 0.3) is 0 Å². The van der Waals surface area contributed by atoms with Crippen LogP contribution in [0.15, 0.2) is 157 Å². The van der Waals surface area contributed by atoms with Crippen LogP contribution in [-0.4, -0.2) is 23.1 Å². The van der Waals surface area contributed by atoms with Crippen LogP contribution in [0, 0.1) is 0 Å². The molecule has 0 aromatic heterocycles. The van der Waals surface area contributed by atoms with Crippen LogP contribution >= 0.6 is 0 Å². The molecule has 0 spiro atoms. The number of hydrogen-bond donors (Lipinski definition) is 4. The molecule has 0 heterocycles. The highest BCUT2D eigenvalue weighted by Gasteiger charge is 2.27. The average molecular weight is 643 g/mol. The highest BCUT2D eigenvalue weighted by molar-refractivity contribution is 7.89. The van der Waals surface area contributed by atoms with Crippen molar-refractivity contribution in [3.8, 4) is 0 Å². The lowest BCUT2D eigenvalue weighted by molar-refractivity contribution is 0.504. The Hall–Kier alpha value is -4.16. The quantitative estimate of drug-likeness (QED) is 0.152. The lowest BCUT2D eigenvalue weighted by Gasteiger charge is -2.26. The van der Waals surface area contributed by atoms with E-state index in [1.165, 1.54) is 0 Å². The van der Waals surface area contributed by atoms with Gasteiger partial charge in [0.25, 0.3) is 0 Å². The number of hydrogen-bond acceptors (Lipinski definition) is 6. The number of sulfonamides is 2. The van der Waals surface area contributed by atoms with Gasteiger partial charge in [-0.3, -0.25) is 0 Å². The minimum Gasteiger partial charge on any atom is -0.322 e. The van der Waals surface area contributed by atoms with E-state index < -0.39 is 44.2 Å². The van der Waals surface area contributed by atoms with Gasteiger partial charge in [0, 0.05) is 0 Å². The third-order valence-corrected chi connectivity index (χ3v) is 9.22. The molecule has 0 saturated carbocycles. The molecule has 0 aliphatic carbocycles. The largest absolute Gasteiger partial charge is 0.322 e. The van der Waals surface area contributed by atoms with Crippen molar-refractivity contribution in [3.05, 3.63) is 174 Å². The Morgan fingerprint density at radius 2 is 0.733 bits per heavy atom. The fourth-order valence-corrected chi connectivity index (χ4v) is 6.83. The smallest absolute Gasteiger partial charge is 0.241 e. The van der Waals surface area contributed by atoms with Crippen molar-refractivity contribution in [2.75, 3.05) is 6.26 Å². The van der Waals surface area contributed by atoms with Gasteiger partial charge in [-0.15, -0.1) is 0 Å². The first-order valence-electron chi connectivity index (χ1n) is 14.3. The maximum atomic E-state index is 12.8. The van der Waals surface area contributed by atoms with Crippen molar-refractivity contribution < 1.29 is 16.8 Å². The Bertz CT molecular complexity index is 1810. The summed E-state index contributed by atoms with van der Waals surface area (Å²) in [4.78, 5) is 0.219. The van der Waals surface area contributed by atoms with Crippen LogP contribution in [0.4, 0.5) is 0 Å². The highest BCUT2D eigenvalue weighted by Crippen LogP contribution is 2.29. The lowest BCUT2D eigenvalue weighted by atomic mass is 9.95. The molecular formula is C35H38N4O4S2. The maximum Gasteiger partial charge on any atom is 0.241 e. The summed E-state index contributed by atoms with van der Waals surface area (Å²) in [5, 5.41) is 0. The van der Waals surface area contributed by atoms with Crippen LogP contribution in [0.1, 0.15) is 46.4 Å². The van der Waals surface area contributed by atoms with Crippen molar-refractivity contribution in [3.63, 3.8) is 0 Å². The topological polar surface area (TPSA) is 144 Å². The average Bonchev–Trinajstić information content (AvgIpc) is 3.07. The molecule has 0 fully saturated rings. The van der Waals surface area contributed by atoms with Gasteiger partial charge in [0.1, 0.15) is 0 Å². The van der Waals surface area contributed by atoms with Crippen molar-refractivity contribution in [2.45, 2.75) is 29.1 Å². The molecule has 8 nitrogen and oxygen atoms in total. The van der Waals surface area contributed by atoms with E-state index in [1.54, 1.807) is 30.3 Å². The molecule has 0 aliphatic heterocycles. The summed E-state index contributed by atoms with van der Waals surface area (Å²) in [5.74, 6) is 0. The second-order valence-electron chi connectivity index (χ2n) is 10.5. The summed E-state index contributed by atoms with van der Waals surface area (Å²) in [7, 11) is -7.05. The van der Waals surface area contributed by atoms with E-state index in [0.29, 0.717) is 0 Å². The normalized spacial score (nSPS) is 14.3. The SMILES string of the molecule is CS(=O)(=O)NC(c1ccccc1)C(N)c1ccccc1.NC(c1ccccc1)C(NS(=O)(=O)c1ccccc1)c1ccccc1. The zero-order valence-corrected chi connectivity index (χ0v) is 26.5. The summed E-state index contributed by atoms with van der Waals surface area (Å²) in [5.41, 5.74) is 16.1. The minimum atomic E-state index is -3.69. The number of rotatable bonds is 11. The van der Waals surface area contributed by atoms with Gasteiger partial charge >= 0.3 is 0 Å². The molecule has 0 bridgehead atoms. The molecule has 4 atom stereocenters. The van der Waals surface area contributed by atoms with Crippen LogP contribution < -0.4 is 20.9 Å². The van der Waals surface area contributed by atoms with E-state index in [1.807, 2.05) is 121 Å². The number of nitrogens with one attached hydrogen (secondary N) is 2. The predicted octanol–water partition coefficient (Wildman–Crippen LogP) is 5.38. The van der Waals surface area contributed by atoms with Gasteiger partial charge < -0.3 is 11.5 Å². The van der Waals surface area contributed by atoms with E-state index in [2.05, 4.69) is 9.44 Å². The van der Waals surface area contributed by atoms with E-state index in [4.69, 9.17) is 11.5 Å². The van der Waals surface area contributed by atoms with Crippen LogP contribution in [-0.2, 0) is 20.0 Å². The molecule has 6 N–H and O–H groups in total. The van der Waals surface area contributed by atoms with Gasteiger partial charge in [-0.25, -0.2) is 26.3 Å². The Kier molecular flexibility index (Phi) is 11.8. The Morgan fingerprint density at radius 1 is 0.444 bits per heavy atom. The van der Waals surface area contributed by atoms with Crippen molar-refractivity contribution in [2.24, 2.45) is 11.5 Å². The maximum absolute atomic E-state index is 12.8. The Morgan fingerprint density at radius 3 is 1.07 bits per heavy atom. The summed E-state index contributed by atoms with van der Waals surface area (Å²) in [6.45, 7) is 0. The molecule has 45 heavy (non-hydrogen) atoms. The third-order valence-electron chi connectivity index (χ3n) is 7.08. The minimum absolute atomic E-state index is 0.219. The van der Waals surface area contributed by atoms with Crippen molar-refractivity contribution >= 4 is 20.0 Å². The molecule has 10 heteroatoms. The molecule has 5 aromatic carbocycles. The van der Waals surface area contributed by atoms with Gasteiger partial charge in [0.05, 0.1) is 35.3 Å². The molecule has 0 saturated heterocycles. The fourth-order valence-electron chi connectivity index (χ4n) is 4.82. The van der Waals surface area contributed by atoms with Gasteiger partial charge in [-0.1, -0.05) is 140 Å². The molecule has 5 aromatic rings. The van der Waals surface area contributed by atoms with Gasteiger partial charge in [0.15, 0.2) is 0 Å². The second kappa shape index (κ2) is 15.7. The molecule has 5 rings (SSSR count). The third kappa shape index (κ3) is 9.92. The molecule has 0 aliphatic rings. The summed E-state index contributed by atoms with van der Waals surface area (Å²) in [6, 6.07) is 44.0. The first-order chi connectivity index (χ1) is 21.5. The second-order valence-corrected chi connectivity index (χ2v) is 14.0. The molecule has 234 valence electrons. The standard InChI is InChI=1S/C20H20N2O2S.C15H18N2O2S/c21-19(16-10-4-1-5-11-16)20(17-12-6-2-7-13-17)22-25(23,24)18-14-8-3-9-15-18;1-20(18,19)17-15(13-10-6-3-7-11-13)14(16)12-8-4-2-5-9-12/h1-15,19-20,22H,21H2;2-11,14-15,17H,16H2,1H3. The fraction of sp³-hybridized carbons (Fsp3) is 0.143. The Balaban J connectivity index is 0.000000210. The number of nitrogens with two attached hydrogens (primary N) is 2. The molecule has 0 amide bonds. The molecule has 0 radical (unpaired) electrons. The van der Waals surface area contributed by atoms with Gasteiger partial charge in [-0.2, -0.15) is 0 Å². The zero-order chi connectivity index (χ0) is 32.3. The van der Waals surface area contributed by atoms with Crippen LogP contribution in [0.2, 0.25) is 0 Å². The van der Waals surface area contributed by atoms with Gasteiger partial charge in [-0.05, 0) is 34.4 Å². The van der Waals surface area contributed by atoms with Crippen LogP contribution in [0.5, 0.6) is 0 Å². The molecule has 4 unspecified atom stereocenters. The van der Waals surface area contributed by atoms with Gasteiger partial charge in [0.2, 0.25) is 20.0 Å². The first-order valence-corrected chi connectivity index (χ1v) is 17.7. The Labute approximate surface area is 266 Å². The first kappa shape index (κ1) is 33.7. The summed E-state index contributed by atoms with van der Waals surface area (Å²) >= 11 is 0. The van der Waals surface area contributed by atoms with E-state index in [9.17, 15) is 16.8 Å². The predicted molar refractivity (Wildman–Crippen MR) is 180 cm³/mol. The summed E-state index contributed by atoms with van der Waals surface area (Å²) in [6.07, 6.45) is 1.14. The van der Waals surface area contributed by atoms with Crippen molar-refractivity contribution in [1.29, 1.82) is 0 Å². The lowest BCUT2D eigenvalue weighted by Crippen LogP contribution is -2.36. The monoisotopic (exact) mass is 642 g/mol. The molecular weight excluding hydrogens is 605 g/mol. The number of benzene rings is 5. The van der Waals surface area contributed by atoms with E-state index in [0.717, 1.165) is 28.5 Å². The summed E-state index contributed by atoms with van der Waals surface area (Å²) < 4.78 is 54.1.